The Labute approximate surface area is 292 Å². The van der Waals surface area contributed by atoms with Crippen molar-refractivity contribution >= 4 is 91.8 Å². The second-order valence-electron chi connectivity index (χ2n) is 13.9. The van der Waals surface area contributed by atoms with Crippen LogP contribution in [-0.4, -0.2) is 9.38 Å². The fourth-order valence-electron chi connectivity index (χ4n) is 9.26. The van der Waals surface area contributed by atoms with Gasteiger partial charge in [0.25, 0.3) is 0 Å². The van der Waals surface area contributed by atoms with E-state index in [4.69, 9.17) is 4.98 Å². The zero-order valence-electron chi connectivity index (χ0n) is 27.6. The average molecular weight is 645 g/mol. The molecule has 51 heavy (non-hydrogen) atoms. The zero-order chi connectivity index (χ0) is 33.2. The molecular formula is C49H28N2. The first-order valence-electron chi connectivity index (χ1n) is 17.6. The molecule has 0 bridgehead atoms. The molecule has 0 aliphatic carbocycles. The van der Waals surface area contributed by atoms with Gasteiger partial charge >= 0.3 is 0 Å². The Hall–Kier alpha value is -6.77. The van der Waals surface area contributed by atoms with E-state index in [1.54, 1.807) is 0 Å². The molecule has 0 aliphatic rings. The van der Waals surface area contributed by atoms with Crippen molar-refractivity contribution < 1.29 is 0 Å². The summed E-state index contributed by atoms with van der Waals surface area (Å²) in [6.45, 7) is 0. The van der Waals surface area contributed by atoms with Crippen LogP contribution in [0, 0.1) is 0 Å². The lowest BCUT2D eigenvalue weighted by Crippen LogP contribution is -1.93. The van der Waals surface area contributed by atoms with Gasteiger partial charge in [0.2, 0.25) is 0 Å². The van der Waals surface area contributed by atoms with Crippen molar-refractivity contribution in [1.82, 2.24) is 9.38 Å². The average Bonchev–Trinajstić information content (AvgIpc) is 3.62. The molecule has 10 aromatic carbocycles. The monoisotopic (exact) mass is 644 g/mol. The van der Waals surface area contributed by atoms with Crippen molar-refractivity contribution in [2.24, 2.45) is 0 Å². The summed E-state index contributed by atoms with van der Waals surface area (Å²) in [5.41, 5.74) is 5.62. The number of nitrogens with zero attached hydrogens (tertiary/aromatic N) is 2. The van der Waals surface area contributed by atoms with Crippen LogP contribution in [0.4, 0.5) is 0 Å². The molecule has 0 N–H and O–H groups in total. The molecule has 0 amide bonds. The highest BCUT2D eigenvalue weighted by molar-refractivity contribution is 6.38. The third-order valence-electron chi connectivity index (χ3n) is 11.3. The van der Waals surface area contributed by atoms with Crippen LogP contribution >= 0.6 is 0 Å². The molecule has 12 rings (SSSR count). The number of benzene rings is 9. The minimum Gasteiger partial charge on any atom is -0.306 e. The summed E-state index contributed by atoms with van der Waals surface area (Å²) in [6, 6.07) is 58.4. The van der Waals surface area contributed by atoms with Crippen LogP contribution in [0.25, 0.3) is 114 Å². The number of aromatic nitrogens is 2. The van der Waals surface area contributed by atoms with Gasteiger partial charge in [0.05, 0.1) is 5.69 Å². The lowest BCUT2D eigenvalue weighted by molar-refractivity contribution is 1.19. The van der Waals surface area contributed by atoms with E-state index >= 15 is 0 Å². The van der Waals surface area contributed by atoms with E-state index in [9.17, 15) is 0 Å². The van der Waals surface area contributed by atoms with E-state index in [1.807, 2.05) is 0 Å². The number of hydrogen-bond acceptors (Lipinski definition) is 1. The lowest BCUT2D eigenvalue weighted by Gasteiger charge is -2.20. The number of rotatable bonds is 2. The van der Waals surface area contributed by atoms with Gasteiger partial charge in [-0.05, 0) is 116 Å². The Morgan fingerprint density at radius 2 is 0.824 bits per heavy atom. The number of hydrogen-bond donors (Lipinski definition) is 0. The standard InChI is InChI=1S/C49H28N2/c1-3-16-37-35(14-1)47(36-15-2-4-17-38(36)48(37)42-28-51-26-6-5-23-43(51)50-42)41-27-31-13-9-20-33-32-18-7-11-29-24-25-30-12-8-19-34(45(30)44(29)32)39-21-10-22-40(41)49(39)46(31)33/h1-28H. The van der Waals surface area contributed by atoms with Crippen molar-refractivity contribution in [3.05, 3.63) is 170 Å². The molecule has 12 aromatic rings. The number of imidazole rings is 1. The van der Waals surface area contributed by atoms with Gasteiger partial charge in [-0.2, -0.15) is 0 Å². The molecule has 234 valence electrons. The summed E-state index contributed by atoms with van der Waals surface area (Å²) in [5.74, 6) is 0. The minimum absolute atomic E-state index is 0.947. The smallest absolute Gasteiger partial charge is 0.137 e. The van der Waals surface area contributed by atoms with Gasteiger partial charge in [-0.15, -0.1) is 0 Å². The molecule has 2 aromatic heterocycles. The predicted octanol–water partition coefficient (Wildman–Crippen LogP) is 13.3. The molecule has 0 saturated carbocycles. The summed E-state index contributed by atoms with van der Waals surface area (Å²) in [7, 11) is 0. The largest absolute Gasteiger partial charge is 0.306 e. The van der Waals surface area contributed by atoms with Crippen LogP contribution in [0.15, 0.2) is 170 Å². The van der Waals surface area contributed by atoms with Gasteiger partial charge < -0.3 is 4.40 Å². The highest BCUT2D eigenvalue weighted by Gasteiger charge is 2.22. The van der Waals surface area contributed by atoms with Gasteiger partial charge in [-0.25, -0.2) is 4.98 Å². The van der Waals surface area contributed by atoms with E-state index in [-0.39, 0.29) is 0 Å². The summed E-state index contributed by atoms with van der Waals surface area (Å²) in [4.78, 5) is 5.14. The molecule has 0 atom stereocenters. The normalized spacial score (nSPS) is 12.3. The molecular weight excluding hydrogens is 617 g/mol. The Bertz CT molecular complexity index is 3330. The fourth-order valence-corrected chi connectivity index (χ4v) is 9.26. The molecule has 0 aliphatic heterocycles. The predicted molar refractivity (Wildman–Crippen MR) is 217 cm³/mol. The third-order valence-corrected chi connectivity index (χ3v) is 11.3. The molecule has 0 unspecified atom stereocenters. The van der Waals surface area contributed by atoms with Crippen molar-refractivity contribution in [3.63, 3.8) is 0 Å². The molecule has 0 radical (unpaired) electrons. The van der Waals surface area contributed by atoms with Gasteiger partial charge in [0, 0.05) is 18.0 Å². The van der Waals surface area contributed by atoms with Gasteiger partial charge in [-0.3, -0.25) is 0 Å². The van der Waals surface area contributed by atoms with Gasteiger partial charge in [-0.1, -0.05) is 140 Å². The van der Waals surface area contributed by atoms with Crippen LogP contribution in [0.1, 0.15) is 0 Å². The zero-order valence-corrected chi connectivity index (χ0v) is 27.6. The summed E-state index contributed by atoms with van der Waals surface area (Å²) in [5, 5.41) is 20.4. The van der Waals surface area contributed by atoms with Crippen LogP contribution < -0.4 is 0 Å². The second-order valence-corrected chi connectivity index (χ2v) is 13.9. The van der Waals surface area contributed by atoms with Crippen molar-refractivity contribution in [2.75, 3.05) is 0 Å². The molecule has 2 nitrogen and oxygen atoms in total. The Balaban J connectivity index is 1.31. The first-order chi connectivity index (χ1) is 25.3. The van der Waals surface area contributed by atoms with Gasteiger partial charge in [0.15, 0.2) is 0 Å². The quantitative estimate of drug-likeness (QED) is 0.135. The van der Waals surface area contributed by atoms with Crippen molar-refractivity contribution in [1.29, 1.82) is 0 Å². The molecule has 0 spiro atoms. The van der Waals surface area contributed by atoms with Crippen LogP contribution in [0.3, 0.4) is 0 Å². The molecule has 2 heterocycles. The van der Waals surface area contributed by atoms with Crippen molar-refractivity contribution in [2.45, 2.75) is 0 Å². The van der Waals surface area contributed by atoms with Crippen LogP contribution in [0.2, 0.25) is 0 Å². The van der Waals surface area contributed by atoms with E-state index in [2.05, 4.69) is 175 Å². The minimum atomic E-state index is 0.947. The first kappa shape index (κ1) is 27.1. The maximum absolute atomic E-state index is 5.14. The maximum atomic E-state index is 5.14. The van der Waals surface area contributed by atoms with Crippen LogP contribution in [-0.2, 0) is 0 Å². The topological polar surface area (TPSA) is 17.3 Å². The van der Waals surface area contributed by atoms with E-state index < -0.39 is 0 Å². The Morgan fingerprint density at radius 1 is 0.353 bits per heavy atom. The lowest BCUT2D eigenvalue weighted by atomic mass is 9.82. The molecule has 0 fully saturated rings. The number of fused-ring (bicyclic) bond motifs is 5. The second kappa shape index (κ2) is 9.90. The highest BCUT2D eigenvalue weighted by Crippen LogP contribution is 2.49. The highest BCUT2D eigenvalue weighted by atomic mass is 15.0. The third kappa shape index (κ3) is 3.58. The summed E-state index contributed by atoms with van der Waals surface area (Å²) in [6.07, 6.45) is 4.24. The summed E-state index contributed by atoms with van der Waals surface area (Å²) >= 11 is 0. The molecule has 0 saturated heterocycles. The Kier molecular flexibility index (Phi) is 5.26. The van der Waals surface area contributed by atoms with E-state index in [0.717, 1.165) is 11.3 Å². The van der Waals surface area contributed by atoms with E-state index in [0.29, 0.717) is 0 Å². The SMILES string of the molecule is c1ccc2c(-c3cc4cccc5c6cccc7ccc8cccc(c9cccc3c9c45)c8c76)c3ccccc3c(-c3cn4ccccc4n3)c2c1. The van der Waals surface area contributed by atoms with Crippen molar-refractivity contribution in [3.8, 4) is 22.4 Å². The summed E-state index contributed by atoms with van der Waals surface area (Å²) < 4.78 is 2.12. The maximum Gasteiger partial charge on any atom is 0.137 e. The fraction of sp³-hybridized carbons (Fsp3) is 0. The number of pyridine rings is 1. The van der Waals surface area contributed by atoms with Crippen LogP contribution in [0.5, 0.6) is 0 Å². The first-order valence-corrected chi connectivity index (χ1v) is 17.6. The van der Waals surface area contributed by atoms with Gasteiger partial charge in [0.1, 0.15) is 5.65 Å². The molecule has 2 heteroatoms. The Morgan fingerprint density at radius 3 is 1.43 bits per heavy atom. The van der Waals surface area contributed by atoms with E-state index in [1.165, 1.54) is 103 Å².